The van der Waals surface area contributed by atoms with Crippen molar-refractivity contribution in [3.05, 3.63) is 30.1 Å². The number of hydroxylamine groups is 2. The molecule has 0 spiro atoms. The van der Waals surface area contributed by atoms with E-state index in [1.807, 2.05) is 6.07 Å². The molecule has 1 aliphatic heterocycles. The summed E-state index contributed by atoms with van der Waals surface area (Å²) >= 11 is 0. The largest absolute Gasteiger partial charge is 0.284 e. The monoisotopic (exact) mass is 207 g/mol. The molecule has 1 aromatic rings. The molecule has 15 heavy (non-hydrogen) atoms. The van der Waals surface area contributed by atoms with Gasteiger partial charge in [-0.2, -0.15) is 5.06 Å². The molecule has 0 aliphatic carbocycles. The quantitative estimate of drug-likeness (QED) is 0.678. The van der Waals surface area contributed by atoms with Crippen LogP contribution < -0.4 is 0 Å². The average Bonchev–Trinajstić information content (AvgIpc) is 2.45. The van der Waals surface area contributed by atoms with E-state index in [0.717, 1.165) is 10.6 Å². The lowest BCUT2D eigenvalue weighted by Crippen LogP contribution is -2.45. The first-order valence-corrected chi connectivity index (χ1v) is 4.70. The highest BCUT2D eigenvalue weighted by atomic mass is 16.5. The molecule has 5 nitrogen and oxygen atoms in total. The van der Waals surface area contributed by atoms with E-state index in [-0.39, 0.29) is 12.5 Å². The molecule has 1 fully saturated rings. The first-order chi connectivity index (χ1) is 7.06. The summed E-state index contributed by atoms with van der Waals surface area (Å²) in [5.74, 6) is -0.302. The molecule has 1 atom stereocenters. The SMILES string of the molecule is CN1CC(=O)N(O)[C@]1(C)c1cccnc1. The van der Waals surface area contributed by atoms with Gasteiger partial charge in [0.25, 0.3) is 5.91 Å². The molecule has 0 aromatic carbocycles. The van der Waals surface area contributed by atoms with Crippen LogP contribution in [0.25, 0.3) is 0 Å². The number of carbonyl (C=O) groups is 1. The maximum absolute atomic E-state index is 11.4. The van der Waals surface area contributed by atoms with Gasteiger partial charge in [-0.05, 0) is 20.0 Å². The van der Waals surface area contributed by atoms with Gasteiger partial charge in [0, 0.05) is 18.0 Å². The van der Waals surface area contributed by atoms with E-state index in [9.17, 15) is 10.0 Å². The third-order valence-electron chi connectivity index (χ3n) is 2.97. The fourth-order valence-electron chi connectivity index (χ4n) is 1.81. The minimum Gasteiger partial charge on any atom is -0.284 e. The highest BCUT2D eigenvalue weighted by Gasteiger charge is 2.47. The van der Waals surface area contributed by atoms with Crippen LogP contribution in [0.1, 0.15) is 12.5 Å². The third kappa shape index (κ3) is 1.32. The van der Waals surface area contributed by atoms with Crippen molar-refractivity contribution in [1.29, 1.82) is 0 Å². The Morgan fingerprint density at radius 3 is 2.80 bits per heavy atom. The Hall–Kier alpha value is -1.46. The van der Waals surface area contributed by atoms with E-state index in [1.165, 1.54) is 0 Å². The number of aromatic nitrogens is 1. The van der Waals surface area contributed by atoms with E-state index in [0.29, 0.717) is 0 Å². The predicted molar refractivity (Wildman–Crippen MR) is 52.9 cm³/mol. The van der Waals surface area contributed by atoms with Crippen LogP contribution in [0.15, 0.2) is 24.5 Å². The maximum atomic E-state index is 11.4. The first kappa shape index (κ1) is 10.1. The number of likely N-dealkylation sites (N-methyl/N-ethyl adjacent to an activating group) is 1. The van der Waals surface area contributed by atoms with E-state index >= 15 is 0 Å². The van der Waals surface area contributed by atoms with Gasteiger partial charge in [0.1, 0.15) is 5.66 Å². The van der Waals surface area contributed by atoms with E-state index in [4.69, 9.17) is 0 Å². The van der Waals surface area contributed by atoms with Gasteiger partial charge in [0.2, 0.25) is 0 Å². The summed E-state index contributed by atoms with van der Waals surface area (Å²) in [6, 6.07) is 3.62. The Morgan fingerprint density at radius 1 is 1.60 bits per heavy atom. The minimum atomic E-state index is -0.814. The molecule has 0 saturated carbocycles. The van der Waals surface area contributed by atoms with E-state index in [1.54, 1.807) is 37.3 Å². The molecule has 2 rings (SSSR count). The summed E-state index contributed by atoms with van der Waals surface area (Å²) in [5.41, 5.74) is -0.0217. The Labute approximate surface area is 87.9 Å². The molecule has 80 valence electrons. The lowest BCUT2D eigenvalue weighted by Gasteiger charge is -2.35. The maximum Gasteiger partial charge on any atom is 0.262 e. The fraction of sp³-hybridized carbons (Fsp3) is 0.400. The molecular weight excluding hydrogens is 194 g/mol. The molecule has 1 N–H and O–H groups in total. The van der Waals surface area contributed by atoms with Gasteiger partial charge < -0.3 is 0 Å². The van der Waals surface area contributed by atoms with E-state index < -0.39 is 5.66 Å². The third-order valence-corrected chi connectivity index (χ3v) is 2.97. The molecule has 0 radical (unpaired) electrons. The lowest BCUT2D eigenvalue weighted by atomic mass is 10.0. The van der Waals surface area contributed by atoms with Gasteiger partial charge in [-0.25, -0.2) is 0 Å². The second-order valence-electron chi connectivity index (χ2n) is 3.82. The summed E-state index contributed by atoms with van der Waals surface area (Å²) in [5, 5.41) is 10.5. The number of nitrogens with zero attached hydrogens (tertiary/aromatic N) is 3. The van der Waals surface area contributed by atoms with Gasteiger partial charge in [-0.15, -0.1) is 0 Å². The van der Waals surface area contributed by atoms with Crippen LogP contribution >= 0.6 is 0 Å². The Kier molecular flexibility index (Phi) is 2.21. The summed E-state index contributed by atoms with van der Waals surface area (Å²) in [4.78, 5) is 17.2. The Balaban J connectivity index is 2.46. The van der Waals surface area contributed by atoms with Crippen molar-refractivity contribution in [3.8, 4) is 0 Å². The van der Waals surface area contributed by atoms with Crippen LogP contribution in [-0.2, 0) is 10.5 Å². The number of carbonyl (C=O) groups excluding carboxylic acids is 1. The van der Waals surface area contributed by atoms with Crippen molar-refractivity contribution >= 4 is 5.91 Å². The molecule has 2 heterocycles. The minimum absolute atomic E-state index is 0.210. The zero-order chi connectivity index (χ0) is 11.1. The molecule has 1 saturated heterocycles. The van der Waals surface area contributed by atoms with Crippen LogP contribution in [0, 0.1) is 0 Å². The van der Waals surface area contributed by atoms with Gasteiger partial charge in [-0.3, -0.25) is 19.9 Å². The van der Waals surface area contributed by atoms with Gasteiger partial charge >= 0.3 is 0 Å². The topological polar surface area (TPSA) is 56.7 Å². The van der Waals surface area contributed by atoms with Crippen molar-refractivity contribution in [2.75, 3.05) is 13.6 Å². The average molecular weight is 207 g/mol. The highest BCUT2D eigenvalue weighted by Crippen LogP contribution is 2.33. The fourth-order valence-corrected chi connectivity index (χ4v) is 1.81. The number of pyridine rings is 1. The molecule has 1 aliphatic rings. The standard InChI is InChI=1S/C10H13N3O2/c1-10(8-4-3-5-11-6-8)12(2)7-9(14)13(10)15/h3-6,15H,7H2,1-2H3/t10-/m1/s1. The predicted octanol–water partition coefficient (Wildman–Crippen LogP) is 0.417. The van der Waals surface area contributed by atoms with Crippen molar-refractivity contribution in [2.45, 2.75) is 12.6 Å². The highest BCUT2D eigenvalue weighted by molar-refractivity contribution is 5.80. The van der Waals surface area contributed by atoms with E-state index in [2.05, 4.69) is 4.98 Å². The number of amides is 1. The second kappa shape index (κ2) is 3.29. The normalized spacial score (nSPS) is 27.4. The van der Waals surface area contributed by atoms with Crippen LogP contribution in [0.4, 0.5) is 0 Å². The van der Waals surface area contributed by atoms with Crippen molar-refractivity contribution in [3.63, 3.8) is 0 Å². The van der Waals surface area contributed by atoms with Crippen molar-refractivity contribution in [1.82, 2.24) is 14.9 Å². The summed E-state index contributed by atoms with van der Waals surface area (Å²) in [6.45, 7) is 2.00. The molecular formula is C10H13N3O2. The second-order valence-corrected chi connectivity index (χ2v) is 3.82. The first-order valence-electron chi connectivity index (χ1n) is 4.70. The number of hydrogen-bond acceptors (Lipinski definition) is 4. The number of rotatable bonds is 1. The Morgan fingerprint density at radius 2 is 2.33 bits per heavy atom. The summed E-state index contributed by atoms with van der Waals surface area (Å²) < 4.78 is 0. The van der Waals surface area contributed by atoms with Crippen molar-refractivity contribution in [2.24, 2.45) is 0 Å². The van der Waals surface area contributed by atoms with Gasteiger partial charge in [-0.1, -0.05) is 6.07 Å². The molecule has 0 bridgehead atoms. The van der Waals surface area contributed by atoms with Crippen LogP contribution in [-0.4, -0.2) is 39.7 Å². The van der Waals surface area contributed by atoms with Gasteiger partial charge in [0.05, 0.1) is 6.54 Å². The number of hydrogen-bond donors (Lipinski definition) is 1. The van der Waals surface area contributed by atoms with Gasteiger partial charge in [0.15, 0.2) is 0 Å². The Bertz CT molecular complexity index is 382. The smallest absolute Gasteiger partial charge is 0.262 e. The van der Waals surface area contributed by atoms with Crippen LogP contribution in [0.5, 0.6) is 0 Å². The molecule has 5 heteroatoms. The summed E-state index contributed by atoms with van der Waals surface area (Å²) in [6.07, 6.45) is 3.31. The zero-order valence-corrected chi connectivity index (χ0v) is 8.71. The summed E-state index contributed by atoms with van der Waals surface area (Å²) in [7, 11) is 1.79. The molecule has 1 amide bonds. The molecule has 0 unspecified atom stereocenters. The molecule has 1 aromatic heterocycles. The van der Waals surface area contributed by atoms with Crippen molar-refractivity contribution < 1.29 is 10.0 Å². The van der Waals surface area contributed by atoms with Crippen LogP contribution in [0.2, 0.25) is 0 Å². The zero-order valence-electron chi connectivity index (χ0n) is 8.71. The van der Waals surface area contributed by atoms with Crippen LogP contribution in [0.3, 0.4) is 0 Å². The lowest BCUT2D eigenvalue weighted by molar-refractivity contribution is -0.192.